The van der Waals surface area contributed by atoms with Gasteiger partial charge in [0.1, 0.15) is 5.75 Å². The molecule has 4 rings (SSSR count). The van der Waals surface area contributed by atoms with Crippen LogP contribution in [0.2, 0.25) is 0 Å². The van der Waals surface area contributed by atoms with Gasteiger partial charge in [0.05, 0.1) is 16.1 Å². The number of sulfonamides is 1. The molecule has 4 aromatic rings. The minimum absolute atomic E-state index is 0.129. The molecule has 0 spiro atoms. The number of aromatic nitrogens is 1. The number of fused-ring (bicyclic) bond motifs is 1. The maximum absolute atomic E-state index is 13.7. The summed E-state index contributed by atoms with van der Waals surface area (Å²) < 4.78 is 98.8. The molecular weight excluding hydrogens is 531 g/mol. The van der Waals surface area contributed by atoms with E-state index >= 15 is 0 Å². The molecule has 37 heavy (non-hydrogen) atoms. The van der Waals surface area contributed by atoms with Crippen molar-refractivity contribution in [2.75, 3.05) is 0 Å². The summed E-state index contributed by atoms with van der Waals surface area (Å²) in [7, 11) is -3.92. The molecule has 0 fully saturated rings. The maximum atomic E-state index is 13.7. The van der Waals surface area contributed by atoms with Crippen LogP contribution in [-0.4, -0.2) is 24.7 Å². The van der Waals surface area contributed by atoms with Gasteiger partial charge in [-0.05, 0) is 42.5 Å². The summed E-state index contributed by atoms with van der Waals surface area (Å²) in [6.07, 6.45) is -1.83. The van der Waals surface area contributed by atoms with E-state index in [1.54, 1.807) is 0 Å². The van der Waals surface area contributed by atoms with Crippen molar-refractivity contribution in [3.8, 4) is 17.4 Å². The minimum atomic E-state index is -3.92. The van der Waals surface area contributed by atoms with E-state index in [4.69, 9.17) is 9.88 Å². The van der Waals surface area contributed by atoms with E-state index in [9.17, 15) is 40.3 Å². The number of carbonyl (C=O) groups is 1. The Kier molecular flexibility index (Phi) is 6.53. The topological polar surface area (TPSA) is 156 Å². The minimum Gasteiger partial charge on any atom is -0.493 e. The Hall–Kier alpha value is -4.57. The van der Waals surface area contributed by atoms with Gasteiger partial charge >= 0.3 is 6.16 Å². The highest BCUT2D eigenvalue weighted by molar-refractivity contribution is 7.89. The van der Waals surface area contributed by atoms with Crippen LogP contribution in [0.15, 0.2) is 57.6 Å². The van der Waals surface area contributed by atoms with E-state index < -0.39 is 56.9 Å². The number of hydrogen-bond donors (Lipinski definition) is 3. The fourth-order valence-corrected chi connectivity index (χ4v) is 3.51. The lowest BCUT2D eigenvalue weighted by Gasteiger charge is -2.09. The number of nitrogens with two attached hydrogens (primary N) is 1. The van der Waals surface area contributed by atoms with Crippen molar-refractivity contribution in [2.45, 2.75) is 4.90 Å². The first-order valence-electron chi connectivity index (χ1n) is 9.67. The van der Waals surface area contributed by atoms with E-state index in [0.29, 0.717) is 0 Å². The number of hydrogen-bond acceptors (Lipinski definition) is 8. The molecule has 3 aromatic carbocycles. The number of nitrogens with zero attached hydrogens (tertiary/aromatic N) is 2. The smallest absolute Gasteiger partial charge is 0.493 e. The highest BCUT2D eigenvalue weighted by Gasteiger charge is 2.29. The summed E-state index contributed by atoms with van der Waals surface area (Å²) in [5.74, 6) is -14.5. The third-order valence-corrected chi connectivity index (χ3v) is 5.64. The zero-order valence-electron chi connectivity index (χ0n) is 17.8. The molecular formula is C21H11F5N4O6S. The van der Waals surface area contributed by atoms with Gasteiger partial charge < -0.3 is 19.6 Å². The standard InChI is InChI=1S/C21H11F5N4O6S/c22-13-14(23)16(25)19(17(26)15(13)24)36-21(32)35-9-3-6-12-11(7-9)18(20(31)28-12)30-29-8-1-4-10(5-2-8)37(27,33)34/h1-7,28,31H,(H2,27,33,34). The van der Waals surface area contributed by atoms with Gasteiger partial charge in [-0.2, -0.15) is 13.9 Å². The van der Waals surface area contributed by atoms with Crippen molar-refractivity contribution in [1.82, 2.24) is 4.98 Å². The summed E-state index contributed by atoms with van der Waals surface area (Å²) in [4.78, 5) is 14.4. The van der Waals surface area contributed by atoms with Gasteiger partial charge in [0.2, 0.25) is 50.7 Å². The molecule has 0 aliphatic rings. The largest absolute Gasteiger partial charge is 0.519 e. The predicted octanol–water partition coefficient (Wildman–Crippen LogP) is 5.21. The molecule has 0 amide bonds. The second-order valence-electron chi connectivity index (χ2n) is 7.12. The highest BCUT2D eigenvalue weighted by Crippen LogP contribution is 2.38. The first-order valence-corrected chi connectivity index (χ1v) is 11.2. The van der Waals surface area contributed by atoms with Gasteiger partial charge in [0.25, 0.3) is 0 Å². The second-order valence-corrected chi connectivity index (χ2v) is 8.68. The lowest BCUT2D eigenvalue weighted by Crippen LogP contribution is -2.17. The molecule has 0 aliphatic carbocycles. The summed E-state index contributed by atoms with van der Waals surface area (Å²) in [6.45, 7) is 0. The Balaban J connectivity index is 1.58. The molecule has 1 heterocycles. The van der Waals surface area contributed by atoms with Crippen LogP contribution in [0.4, 0.5) is 38.1 Å². The molecule has 0 saturated carbocycles. The molecule has 0 atom stereocenters. The fourth-order valence-electron chi connectivity index (χ4n) is 2.99. The van der Waals surface area contributed by atoms with Crippen LogP contribution in [0.3, 0.4) is 0 Å². The molecule has 1 aromatic heterocycles. The molecule has 4 N–H and O–H groups in total. The number of ether oxygens (including phenoxy) is 2. The number of aromatic hydroxyl groups is 1. The van der Waals surface area contributed by atoms with Crippen molar-refractivity contribution in [2.24, 2.45) is 15.4 Å². The summed E-state index contributed by atoms with van der Waals surface area (Å²) >= 11 is 0. The average molecular weight is 542 g/mol. The van der Waals surface area contributed by atoms with Crippen LogP contribution in [-0.2, 0) is 10.0 Å². The first-order chi connectivity index (χ1) is 17.4. The van der Waals surface area contributed by atoms with Crippen LogP contribution >= 0.6 is 0 Å². The number of rotatable bonds is 5. The average Bonchev–Trinajstić information content (AvgIpc) is 3.16. The zero-order valence-corrected chi connectivity index (χ0v) is 18.6. The lowest BCUT2D eigenvalue weighted by molar-refractivity contribution is 0.146. The van der Waals surface area contributed by atoms with E-state index in [2.05, 4.69) is 19.9 Å². The number of aromatic amines is 1. The summed E-state index contributed by atoms with van der Waals surface area (Å²) in [5.41, 5.74) is 0.306. The van der Waals surface area contributed by atoms with Gasteiger partial charge in [-0.1, -0.05) is 0 Å². The monoisotopic (exact) mass is 542 g/mol. The summed E-state index contributed by atoms with van der Waals surface area (Å²) in [6, 6.07) is 8.53. The van der Waals surface area contributed by atoms with Crippen molar-refractivity contribution < 1.29 is 49.7 Å². The SMILES string of the molecule is NS(=O)(=O)c1ccc(N=Nc2c(O)[nH]c3ccc(OC(=O)Oc4c(F)c(F)c(F)c(F)c4F)cc23)cc1. The van der Waals surface area contributed by atoms with E-state index in [-0.39, 0.29) is 32.9 Å². The lowest BCUT2D eigenvalue weighted by atomic mass is 10.2. The van der Waals surface area contributed by atoms with Gasteiger partial charge in [-0.3, -0.25) is 0 Å². The molecule has 10 nitrogen and oxygen atoms in total. The molecule has 0 bridgehead atoms. The molecule has 0 radical (unpaired) electrons. The van der Waals surface area contributed by atoms with Crippen LogP contribution in [0.25, 0.3) is 10.9 Å². The third-order valence-electron chi connectivity index (χ3n) is 4.71. The van der Waals surface area contributed by atoms with Crippen molar-refractivity contribution >= 4 is 38.5 Å². The quantitative estimate of drug-likeness (QED) is 0.0785. The highest BCUT2D eigenvalue weighted by atomic mass is 32.2. The number of H-pyrrole nitrogens is 1. The van der Waals surface area contributed by atoms with E-state index in [1.807, 2.05) is 0 Å². The van der Waals surface area contributed by atoms with E-state index in [0.717, 1.165) is 12.1 Å². The molecule has 0 aliphatic heterocycles. The Morgan fingerprint density at radius 2 is 1.46 bits per heavy atom. The number of azo groups is 1. The molecule has 0 saturated heterocycles. The number of halogens is 5. The fraction of sp³-hybridized carbons (Fsp3) is 0. The normalized spacial score (nSPS) is 11.8. The number of carbonyl (C=O) groups excluding carboxylic acids is 1. The summed E-state index contributed by atoms with van der Waals surface area (Å²) in [5, 5.41) is 23.0. The zero-order chi connectivity index (χ0) is 27.1. The number of benzene rings is 3. The third kappa shape index (κ3) is 5.05. The van der Waals surface area contributed by atoms with Crippen molar-refractivity contribution in [1.29, 1.82) is 0 Å². The Labute approximate surface area is 202 Å². The Bertz CT molecular complexity index is 1660. The number of nitrogens with one attached hydrogen (secondary N) is 1. The first kappa shape index (κ1) is 25.5. The van der Waals surface area contributed by atoms with Crippen LogP contribution < -0.4 is 14.6 Å². The Morgan fingerprint density at radius 3 is 2.05 bits per heavy atom. The second kappa shape index (κ2) is 9.47. The molecule has 0 unspecified atom stereocenters. The Morgan fingerprint density at radius 1 is 0.865 bits per heavy atom. The van der Waals surface area contributed by atoms with Gasteiger partial charge in [-0.25, -0.2) is 31.5 Å². The van der Waals surface area contributed by atoms with Gasteiger partial charge in [-0.15, -0.1) is 5.11 Å². The van der Waals surface area contributed by atoms with E-state index in [1.165, 1.54) is 30.3 Å². The van der Waals surface area contributed by atoms with Crippen molar-refractivity contribution in [3.63, 3.8) is 0 Å². The molecule has 192 valence electrons. The van der Waals surface area contributed by atoms with Gasteiger partial charge in [0.15, 0.2) is 5.69 Å². The molecule has 16 heteroatoms. The van der Waals surface area contributed by atoms with Gasteiger partial charge in [0, 0.05) is 5.39 Å². The predicted molar refractivity (Wildman–Crippen MR) is 115 cm³/mol. The van der Waals surface area contributed by atoms with Crippen LogP contribution in [0.5, 0.6) is 17.4 Å². The number of primary sulfonamides is 1. The van der Waals surface area contributed by atoms with Crippen molar-refractivity contribution in [3.05, 3.63) is 71.6 Å². The van der Waals surface area contributed by atoms with Crippen LogP contribution in [0, 0.1) is 29.1 Å². The maximum Gasteiger partial charge on any atom is 0.519 e. The van der Waals surface area contributed by atoms with Crippen LogP contribution in [0.1, 0.15) is 0 Å².